The van der Waals surface area contributed by atoms with Gasteiger partial charge in [0, 0.05) is 18.0 Å². The molecule has 1 amide bonds. The van der Waals surface area contributed by atoms with Crippen LogP contribution in [0, 0.1) is 11.3 Å². The van der Waals surface area contributed by atoms with Crippen molar-refractivity contribution in [1.29, 1.82) is 5.26 Å². The fraction of sp³-hybridized carbons (Fsp3) is 0.211. The van der Waals surface area contributed by atoms with Crippen LogP contribution in [0.1, 0.15) is 40.3 Å². The number of benzene rings is 1. The highest BCUT2D eigenvalue weighted by atomic mass is 35.5. The Balaban J connectivity index is 1.97. The molecule has 2 aromatic heterocycles. The first-order valence-corrected chi connectivity index (χ1v) is 8.88. The molecule has 0 fully saturated rings. The molecule has 0 radical (unpaired) electrons. The van der Waals surface area contributed by atoms with Crippen LogP contribution in [0.2, 0.25) is 5.02 Å². The van der Waals surface area contributed by atoms with Crippen LogP contribution in [0.15, 0.2) is 40.0 Å². The number of nitrogens with one attached hydrogen (secondary N) is 1. The molecule has 1 atom stereocenters. The van der Waals surface area contributed by atoms with E-state index in [0.717, 1.165) is 5.56 Å². The summed E-state index contributed by atoms with van der Waals surface area (Å²) in [5, 5.41) is 25.8. The largest absolute Gasteiger partial charge is 0.501 e. The highest BCUT2D eigenvalue weighted by Gasteiger charge is 2.23. The molecule has 3 aromatic rings. The van der Waals surface area contributed by atoms with Gasteiger partial charge in [-0.3, -0.25) is 14.2 Å². The number of aromatic hydroxyl groups is 1. The third kappa shape index (κ3) is 4.12. The molecular formula is C19H16ClN5O4. The third-order valence-corrected chi connectivity index (χ3v) is 4.60. The molecule has 0 saturated carbocycles. The minimum absolute atomic E-state index is 0.256. The molecule has 9 nitrogen and oxygen atoms in total. The number of aromatic nitrogens is 3. The number of nitrogens with zero attached hydrogens (tertiary/aromatic N) is 4. The predicted octanol–water partition coefficient (Wildman–Crippen LogP) is 2.60. The van der Waals surface area contributed by atoms with Gasteiger partial charge in [0.15, 0.2) is 5.69 Å². The van der Waals surface area contributed by atoms with Gasteiger partial charge in [-0.15, -0.1) is 0 Å². The smallest absolute Gasteiger partial charge is 0.296 e. The number of hydrogen-bond acceptors (Lipinski definition) is 7. The number of hydrogen-bond donors (Lipinski definition) is 2. The Morgan fingerprint density at radius 1 is 1.48 bits per heavy atom. The molecule has 29 heavy (non-hydrogen) atoms. The molecule has 3 rings (SSSR count). The maximum Gasteiger partial charge on any atom is 0.296 e. The lowest BCUT2D eigenvalue weighted by molar-refractivity contribution is 0.101. The SMILES string of the molecule is CC(Cc1ccc(Cl)cc1C#N)c1nc(C(=O)Nc2cnoc2)c(O)c(=O)n1C. The molecule has 1 unspecified atom stereocenters. The van der Waals surface area contributed by atoms with Crippen LogP contribution in [0.5, 0.6) is 5.75 Å². The van der Waals surface area contributed by atoms with E-state index in [1.165, 1.54) is 24.1 Å². The van der Waals surface area contributed by atoms with Gasteiger partial charge in [-0.1, -0.05) is 29.7 Å². The molecule has 10 heteroatoms. The fourth-order valence-electron chi connectivity index (χ4n) is 2.91. The Morgan fingerprint density at radius 2 is 2.24 bits per heavy atom. The predicted molar refractivity (Wildman–Crippen MR) is 104 cm³/mol. The average molecular weight is 414 g/mol. The minimum Gasteiger partial charge on any atom is -0.501 e. The average Bonchev–Trinajstić information content (AvgIpc) is 3.20. The Labute approximate surface area is 170 Å². The summed E-state index contributed by atoms with van der Waals surface area (Å²) in [5.41, 5.74) is 0.230. The van der Waals surface area contributed by atoms with E-state index in [2.05, 4.69) is 26.0 Å². The van der Waals surface area contributed by atoms with E-state index < -0.39 is 22.9 Å². The van der Waals surface area contributed by atoms with E-state index in [0.29, 0.717) is 17.0 Å². The van der Waals surface area contributed by atoms with Crippen molar-refractivity contribution in [1.82, 2.24) is 14.7 Å². The van der Waals surface area contributed by atoms with Crippen LogP contribution in [-0.4, -0.2) is 25.7 Å². The van der Waals surface area contributed by atoms with Crippen molar-refractivity contribution in [3.63, 3.8) is 0 Å². The van der Waals surface area contributed by atoms with Gasteiger partial charge in [0.05, 0.1) is 17.8 Å². The van der Waals surface area contributed by atoms with Crippen LogP contribution in [-0.2, 0) is 13.5 Å². The number of rotatable bonds is 5. The van der Waals surface area contributed by atoms with Crippen molar-refractivity contribution >= 4 is 23.2 Å². The van der Waals surface area contributed by atoms with Gasteiger partial charge in [-0.05, 0) is 24.1 Å². The zero-order valence-electron chi connectivity index (χ0n) is 15.5. The first-order chi connectivity index (χ1) is 13.8. The van der Waals surface area contributed by atoms with Gasteiger partial charge in [-0.2, -0.15) is 5.26 Å². The summed E-state index contributed by atoms with van der Waals surface area (Å²) in [6.07, 6.45) is 2.84. The maximum atomic E-state index is 12.5. The lowest BCUT2D eigenvalue weighted by Gasteiger charge is -2.17. The van der Waals surface area contributed by atoms with Gasteiger partial charge in [0.1, 0.15) is 17.8 Å². The van der Waals surface area contributed by atoms with Gasteiger partial charge in [0.25, 0.3) is 11.5 Å². The number of halogens is 1. The van der Waals surface area contributed by atoms with Crippen molar-refractivity contribution in [3.05, 3.63) is 68.7 Å². The van der Waals surface area contributed by atoms with Crippen molar-refractivity contribution in [2.75, 3.05) is 5.32 Å². The molecule has 0 bridgehead atoms. The first-order valence-electron chi connectivity index (χ1n) is 8.51. The van der Waals surface area contributed by atoms with E-state index in [1.807, 2.05) is 0 Å². The van der Waals surface area contributed by atoms with Gasteiger partial charge in [-0.25, -0.2) is 4.98 Å². The first kappa shape index (κ1) is 20.1. The van der Waals surface area contributed by atoms with E-state index in [9.17, 15) is 20.0 Å². The van der Waals surface area contributed by atoms with Crippen LogP contribution >= 0.6 is 11.6 Å². The summed E-state index contributed by atoms with van der Waals surface area (Å²) in [4.78, 5) is 29.1. The van der Waals surface area contributed by atoms with Gasteiger partial charge in [0.2, 0.25) is 5.75 Å². The lowest BCUT2D eigenvalue weighted by Crippen LogP contribution is -2.28. The van der Waals surface area contributed by atoms with Gasteiger partial charge < -0.3 is 14.9 Å². The van der Waals surface area contributed by atoms with Gasteiger partial charge >= 0.3 is 0 Å². The Kier molecular flexibility index (Phi) is 5.66. The zero-order chi connectivity index (χ0) is 21.1. The highest BCUT2D eigenvalue weighted by molar-refractivity contribution is 6.30. The molecular weight excluding hydrogens is 398 g/mol. The minimum atomic E-state index is -0.777. The van der Waals surface area contributed by atoms with Crippen molar-refractivity contribution in [2.24, 2.45) is 7.05 Å². The molecule has 1 aromatic carbocycles. The second-order valence-electron chi connectivity index (χ2n) is 6.42. The normalized spacial score (nSPS) is 11.7. The summed E-state index contributed by atoms with van der Waals surface area (Å²) in [5.74, 6) is -1.60. The summed E-state index contributed by atoms with van der Waals surface area (Å²) in [6.45, 7) is 1.80. The second-order valence-corrected chi connectivity index (χ2v) is 6.85. The number of amides is 1. The fourth-order valence-corrected chi connectivity index (χ4v) is 3.09. The third-order valence-electron chi connectivity index (χ3n) is 4.37. The Hall–Kier alpha value is -3.64. The van der Waals surface area contributed by atoms with E-state index >= 15 is 0 Å². The van der Waals surface area contributed by atoms with Crippen LogP contribution < -0.4 is 10.9 Å². The van der Waals surface area contributed by atoms with Crippen molar-refractivity contribution in [2.45, 2.75) is 19.3 Å². The van der Waals surface area contributed by atoms with Crippen molar-refractivity contribution < 1.29 is 14.4 Å². The van der Waals surface area contributed by atoms with E-state index in [1.54, 1.807) is 25.1 Å². The number of carbonyl (C=O) groups is 1. The Morgan fingerprint density at radius 3 is 2.90 bits per heavy atom. The molecule has 0 spiro atoms. The summed E-state index contributed by atoms with van der Waals surface area (Å²) in [7, 11) is 1.45. The molecule has 0 aliphatic heterocycles. The van der Waals surface area contributed by atoms with E-state index in [-0.39, 0.29) is 17.4 Å². The molecule has 0 aliphatic carbocycles. The maximum absolute atomic E-state index is 12.5. The second kappa shape index (κ2) is 8.16. The number of carbonyl (C=O) groups excluding carboxylic acids is 1. The summed E-state index contributed by atoms with van der Waals surface area (Å²) >= 11 is 5.93. The molecule has 0 saturated heterocycles. The number of nitriles is 1. The van der Waals surface area contributed by atoms with Crippen LogP contribution in [0.3, 0.4) is 0 Å². The summed E-state index contributed by atoms with van der Waals surface area (Å²) < 4.78 is 5.81. The van der Waals surface area contributed by atoms with Crippen molar-refractivity contribution in [3.8, 4) is 11.8 Å². The van der Waals surface area contributed by atoms with E-state index in [4.69, 9.17) is 11.6 Å². The molecule has 0 aliphatic rings. The number of anilines is 1. The van der Waals surface area contributed by atoms with Crippen LogP contribution in [0.4, 0.5) is 5.69 Å². The highest BCUT2D eigenvalue weighted by Crippen LogP contribution is 2.24. The topological polar surface area (TPSA) is 134 Å². The molecule has 2 heterocycles. The molecule has 148 valence electrons. The summed E-state index contributed by atoms with van der Waals surface area (Å²) in [6, 6.07) is 7.05. The monoisotopic (exact) mass is 413 g/mol. The lowest BCUT2D eigenvalue weighted by atomic mass is 9.96. The Bertz CT molecular complexity index is 1160. The zero-order valence-corrected chi connectivity index (χ0v) is 16.3. The molecule has 2 N–H and O–H groups in total. The quantitative estimate of drug-likeness (QED) is 0.656. The standard InChI is InChI=1S/C19H16ClN5O4/c1-10(5-11-3-4-13(20)6-12(11)7-21)17-24-15(16(26)19(28)25(17)2)18(27)23-14-8-22-29-9-14/h3-4,6,8-10,26H,5H2,1-2H3,(H,23,27). The van der Waals surface area contributed by atoms with Crippen LogP contribution in [0.25, 0.3) is 0 Å².